The molecule has 0 aliphatic rings. The van der Waals surface area contributed by atoms with E-state index in [9.17, 15) is 18.3 Å². The maximum Gasteiger partial charge on any atom is 0.307 e. The first-order valence-corrected chi connectivity index (χ1v) is 9.59. The van der Waals surface area contributed by atoms with Crippen molar-refractivity contribution < 1.29 is 23.4 Å². The molecular formula is C19H23NO5S. The van der Waals surface area contributed by atoms with Gasteiger partial charge in [0.15, 0.2) is 0 Å². The first-order chi connectivity index (χ1) is 12.1. The van der Waals surface area contributed by atoms with Crippen LogP contribution >= 0.6 is 0 Å². The van der Waals surface area contributed by atoms with Gasteiger partial charge in [0.1, 0.15) is 0 Å². The maximum atomic E-state index is 13.0. The number of hydrogen-bond donors (Lipinski definition) is 3. The predicted octanol–water partition coefficient (Wildman–Crippen LogP) is 2.84. The fraction of sp³-hybridized carbons (Fsp3) is 0.316. The molecule has 0 unspecified atom stereocenters. The smallest absolute Gasteiger partial charge is 0.307 e. The van der Waals surface area contributed by atoms with E-state index in [1.807, 2.05) is 0 Å². The monoisotopic (exact) mass is 377 g/mol. The molecule has 0 heterocycles. The van der Waals surface area contributed by atoms with Crippen molar-refractivity contribution in [3.63, 3.8) is 0 Å². The normalized spacial score (nSPS) is 11.4. The van der Waals surface area contributed by atoms with E-state index in [4.69, 9.17) is 5.11 Å². The molecule has 26 heavy (non-hydrogen) atoms. The molecule has 140 valence electrons. The van der Waals surface area contributed by atoms with E-state index in [1.165, 1.54) is 0 Å². The van der Waals surface area contributed by atoms with Crippen LogP contribution in [-0.4, -0.2) is 24.6 Å². The number of benzene rings is 2. The third-order valence-electron chi connectivity index (χ3n) is 4.39. The van der Waals surface area contributed by atoms with E-state index < -0.39 is 16.0 Å². The second kappa shape index (κ2) is 7.47. The quantitative estimate of drug-likeness (QED) is 0.718. The van der Waals surface area contributed by atoms with Crippen LogP contribution in [0.25, 0.3) is 0 Å². The number of hydrogen-bond acceptors (Lipinski definition) is 4. The molecule has 0 saturated carbocycles. The number of anilines is 1. The molecule has 2 aromatic rings. The van der Waals surface area contributed by atoms with Gasteiger partial charge in [-0.1, -0.05) is 18.2 Å². The van der Waals surface area contributed by atoms with Crippen LogP contribution in [0.3, 0.4) is 0 Å². The SMILES string of the molecule is Cc1ccc(CO)cc1NS(=O)(=O)c1c(C)cc(C)c(CC(=O)O)c1C. The van der Waals surface area contributed by atoms with Crippen LogP contribution in [0.5, 0.6) is 0 Å². The van der Waals surface area contributed by atoms with Gasteiger partial charge >= 0.3 is 5.97 Å². The first-order valence-electron chi connectivity index (χ1n) is 8.11. The summed E-state index contributed by atoms with van der Waals surface area (Å²) in [5, 5.41) is 18.4. The number of carboxylic acids is 1. The second-order valence-corrected chi connectivity index (χ2v) is 8.05. The van der Waals surface area contributed by atoms with Crippen molar-refractivity contribution in [3.05, 3.63) is 57.6 Å². The molecular weight excluding hydrogens is 354 g/mol. The molecule has 0 saturated heterocycles. The molecule has 2 rings (SSSR count). The van der Waals surface area contributed by atoms with Crippen LogP contribution < -0.4 is 4.72 Å². The lowest BCUT2D eigenvalue weighted by Gasteiger charge is -2.18. The van der Waals surface area contributed by atoms with Gasteiger partial charge in [-0.15, -0.1) is 0 Å². The van der Waals surface area contributed by atoms with Crippen LogP contribution in [0.1, 0.15) is 33.4 Å². The predicted molar refractivity (Wildman–Crippen MR) is 99.9 cm³/mol. The number of aliphatic carboxylic acids is 1. The highest BCUT2D eigenvalue weighted by Crippen LogP contribution is 2.29. The Morgan fingerprint density at radius 1 is 1.04 bits per heavy atom. The zero-order valence-corrected chi connectivity index (χ0v) is 16.1. The number of nitrogens with one attached hydrogen (secondary N) is 1. The lowest BCUT2D eigenvalue weighted by molar-refractivity contribution is -0.136. The van der Waals surface area contributed by atoms with Crippen molar-refractivity contribution in [1.29, 1.82) is 0 Å². The minimum Gasteiger partial charge on any atom is -0.481 e. The molecule has 0 spiro atoms. The molecule has 0 aliphatic carbocycles. The third-order valence-corrected chi connectivity index (χ3v) is 6.04. The maximum absolute atomic E-state index is 13.0. The van der Waals surface area contributed by atoms with Crippen molar-refractivity contribution in [2.75, 3.05) is 4.72 Å². The zero-order chi connectivity index (χ0) is 19.6. The van der Waals surface area contributed by atoms with Gasteiger partial charge < -0.3 is 10.2 Å². The summed E-state index contributed by atoms with van der Waals surface area (Å²) < 4.78 is 28.6. The van der Waals surface area contributed by atoms with Gasteiger partial charge in [-0.3, -0.25) is 9.52 Å². The summed E-state index contributed by atoms with van der Waals surface area (Å²) in [4.78, 5) is 11.2. The van der Waals surface area contributed by atoms with Crippen molar-refractivity contribution in [1.82, 2.24) is 0 Å². The lowest BCUT2D eigenvalue weighted by Crippen LogP contribution is -2.18. The van der Waals surface area contributed by atoms with Crippen molar-refractivity contribution >= 4 is 21.7 Å². The van der Waals surface area contributed by atoms with Crippen LogP contribution in [-0.2, 0) is 27.8 Å². The van der Waals surface area contributed by atoms with Crippen molar-refractivity contribution in [2.24, 2.45) is 0 Å². The minimum atomic E-state index is -3.92. The Hall–Kier alpha value is -2.38. The Balaban J connectivity index is 2.58. The molecule has 3 N–H and O–H groups in total. The highest BCUT2D eigenvalue weighted by atomic mass is 32.2. The van der Waals surface area contributed by atoms with E-state index in [-0.39, 0.29) is 17.9 Å². The lowest BCUT2D eigenvalue weighted by atomic mass is 9.97. The van der Waals surface area contributed by atoms with Gasteiger partial charge in [-0.05, 0) is 67.1 Å². The summed E-state index contributed by atoms with van der Waals surface area (Å²) in [5.74, 6) is -1.01. The summed E-state index contributed by atoms with van der Waals surface area (Å²) in [6, 6.07) is 6.73. The average Bonchev–Trinajstić information content (AvgIpc) is 2.52. The van der Waals surface area contributed by atoms with Gasteiger partial charge in [-0.25, -0.2) is 8.42 Å². The minimum absolute atomic E-state index is 0.0909. The number of carboxylic acid groups (broad SMARTS) is 1. The summed E-state index contributed by atoms with van der Waals surface area (Å²) in [7, 11) is -3.92. The van der Waals surface area contributed by atoms with Crippen molar-refractivity contribution in [3.8, 4) is 0 Å². The van der Waals surface area contributed by atoms with E-state index in [0.717, 1.165) is 11.1 Å². The molecule has 0 fully saturated rings. The fourth-order valence-corrected chi connectivity index (χ4v) is 4.74. The summed E-state index contributed by atoms with van der Waals surface area (Å²) in [6.45, 7) is 6.67. The van der Waals surface area contributed by atoms with Gasteiger partial charge in [-0.2, -0.15) is 0 Å². The number of sulfonamides is 1. The number of carbonyl (C=O) groups is 1. The summed E-state index contributed by atoms with van der Waals surface area (Å²) in [6.07, 6.45) is -0.237. The zero-order valence-electron chi connectivity index (χ0n) is 15.3. The highest BCUT2D eigenvalue weighted by molar-refractivity contribution is 7.92. The Morgan fingerprint density at radius 2 is 1.69 bits per heavy atom. The van der Waals surface area contributed by atoms with Gasteiger partial charge in [0, 0.05) is 0 Å². The fourth-order valence-electron chi connectivity index (χ4n) is 3.12. The Bertz CT molecular complexity index is 964. The van der Waals surface area contributed by atoms with Crippen LogP contribution in [0.4, 0.5) is 5.69 Å². The first kappa shape index (κ1) is 19.9. The van der Waals surface area contributed by atoms with Gasteiger partial charge in [0.2, 0.25) is 0 Å². The molecule has 0 aromatic heterocycles. The van der Waals surface area contributed by atoms with Crippen molar-refractivity contribution in [2.45, 2.75) is 45.6 Å². The Morgan fingerprint density at radius 3 is 2.27 bits per heavy atom. The number of aliphatic hydroxyl groups excluding tert-OH is 1. The summed E-state index contributed by atoms with van der Waals surface area (Å²) in [5.41, 5.74) is 3.95. The number of aliphatic hydroxyl groups is 1. The van der Waals surface area contributed by atoms with E-state index in [1.54, 1.807) is 52.0 Å². The molecule has 0 amide bonds. The summed E-state index contributed by atoms with van der Waals surface area (Å²) >= 11 is 0. The van der Waals surface area contributed by atoms with Crippen LogP contribution in [0.15, 0.2) is 29.2 Å². The van der Waals surface area contributed by atoms with Crippen LogP contribution in [0.2, 0.25) is 0 Å². The third kappa shape index (κ3) is 4.05. The molecule has 0 atom stereocenters. The number of rotatable bonds is 6. The highest BCUT2D eigenvalue weighted by Gasteiger charge is 2.24. The van der Waals surface area contributed by atoms with Gasteiger partial charge in [0.05, 0.1) is 23.6 Å². The van der Waals surface area contributed by atoms with E-state index in [0.29, 0.717) is 27.9 Å². The standard InChI is InChI=1S/C19H23NO5S/c1-11-5-6-15(10-21)8-17(11)20-26(24,25)19-13(3)7-12(2)16(14(19)4)9-18(22)23/h5-8,20-21H,9-10H2,1-4H3,(H,22,23). The second-order valence-electron chi connectivity index (χ2n) is 6.43. The van der Waals surface area contributed by atoms with Gasteiger partial charge in [0.25, 0.3) is 10.0 Å². The largest absolute Gasteiger partial charge is 0.481 e. The molecule has 0 aliphatic heterocycles. The average molecular weight is 377 g/mol. The molecule has 0 bridgehead atoms. The molecule has 2 aromatic carbocycles. The number of aryl methyl sites for hydroxylation is 3. The Kier molecular flexibility index (Phi) is 5.73. The molecule has 0 radical (unpaired) electrons. The van der Waals surface area contributed by atoms with Crippen LogP contribution in [0, 0.1) is 27.7 Å². The topological polar surface area (TPSA) is 104 Å². The Labute approximate surface area is 153 Å². The van der Waals surface area contributed by atoms with E-state index in [2.05, 4.69) is 4.72 Å². The van der Waals surface area contributed by atoms with E-state index >= 15 is 0 Å². The molecule has 7 heteroatoms. The molecule has 6 nitrogen and oxygen atoms in total.